The standard InChI is InChI=1S/C14H14N2O/c1-9(16-17)10-6-7-12-11-4-2-3-5-13(11)15-14(12)8-10/h2-9,15-17H,1H3. The fraction of sp³-hybridized carbons (Fsp3) is 0.143. The van der Waals surface area contributed by atoms with Gasteiger partial charge in [0.05, 0.1) is 6.04 Å². The molecule has 1 atom stereocenters. The number of rotatable bonds is 2. The third kappa shape index (κ3) is 1.60. The second-order valence-corrected chi connectivity index (χ2v) is 4.33. The molecule has 3 heteroatoms. The van der Waals surface area contributed by atoms with Gasteiger partial charge in [-0.3, -0.25) is 0 Å². The molecular weight excluding hydrogens is 212 g/mol. The first-order valence-corrected chi connectivity index (χ1v) is 5.69. The van der Waals surface area contributed by atoms with E-state index in [0.717, 1.165) is 16.6 Å². The van der Waals surface area contributed by atoms with Crippen molar-refractivity contribution in [2.45, 2.75) is 13.0 Å². The second kappa shape index (κ2) is 3.87. The van der Waals surface area contributed by atoms with Crippen LogP contribution in [0, 0.1) is 0 Å². The molecule has 0 radical (unpaired) electrons. The summed E-state index contributed by atoms with van der Waals surface area (Å²) in [6, 6.07) is 14.4. The third-order valence-electron chi connectivity index (χ3n) is 3.22. The SMILES string of the molecule is CC(NO)c1ccc2c(c1)[nH]c1ccccc12. The van der Waals surface area contributed by atoms with Crippen LogP contribution < -0.4 is 5.48 Å². The van der Waals surface area contributed by atoms with Crippen LogP contribution >= 0.6 is 0 Å². The Hall–Kier alpha value is -1.84. The molecule has 0 aliphatic rings. The van der Waals surface area contributed by atoms with Gasteiger partial charge in [-0.05, 0) is 24.6 Å². The summed E-state index contributed by atoms with van der Waals surface area (Å²) in [6.07, 6.45) is 0. The average molecular weight is 226 g/mol. The summed E-state index contributed by atoms with van der Waals surface area (Å²) in [6.45, 7) is 1.92. The number of fused-ring (bicyclic) bond motifs is 3. The van der Waals surface area contributed by atoms with Crippen LogP contribution in [0.2, 0.25) is 0 Å². The zero-order valence-electron chi connectivity index (χ0n) is 9.57. The third-order valence-corrected chi connectivity index (χ3v) is 3.22. The van der Waals surface area contributed by atoms with E-state index in [9.17, 15) is 0 Å². The topological polar surface area (TPSA) is 48.0 Å². The largest absolute Gasteiger partial charge is 0.355 e. The lowest BCUT2D eigenvalue weighted by atomic mass is 10.1. The number of hydroxylamine groups is 1. The van der Waals surface area contributed by atoms with Crippen LogP contribution in [0.25, 0.3) is 21.8 Å². The Morgan fingerprint density at radius 2 is 1.82 bits per heavy atom. The minimum Gasteiger partial charge on any atom is -0.355 e. The summed E-state index contributed by atoms with van der Waals surface area (Å²) >= 11 is 0. The highest BCUT2D eigenvalue weighted by molar-refractivity contribution is 6.07. The van der Waals surface area contributed by atoms with Gasteiger partial charge in [-0.25, -0.2) is 0 Å². The van der Waals surface area contributed by atoms with Crippen molar-refractivity contribution in [3.8, 4) is 0 Å². The Bertz CT molecular complexity index is 672. The molecule has 3 rings (SSSR count). The highest BCUT2D eigenvalue weighted by Crippen LogP contribution is 2.27. The Morgan fingerprint density at radius 1 is 1.06 bits per heavy atom. The van der Waals surface area contributed by atoms with Gasteiger partial charge < -0.3 is 10.2 Å². The summed E-state index contributed by atoms with van der Waals surface area (Å²) in [4.78, 5) is 3.39. The maximum atomic E-state index is 8.94. The van der Waals surface area contributed by atoms with Gasteiger partial charge in [0.1, 0.15) is 0 Å². The van der Waals surface area contributed by atoms with Crippen molar-refractivity contribution in [2.75, 3.05) is 0 Å². The first-order valence-electron chi connectivity index (χ1n) is 5.69. The van der Waals surface area contributed by atoms with Crippen molar-refractivity contribution in [3.05, 3.63) is 48.0 Å². The summed E-state index contributed by atoms with van der Waals surface area (Å²) < 4.78 is 0. The minimum absolute atomic E-state index is 0.0641. The van der Waals surface area contributed by atoms with Gasteiger partial charge in [0.2, 0.25) is 0 Å². The lowest BCUT2D eigenvalue weighted by molar-refractivity contribution is 0.133. The van der Waals surface area contributed by atoms with E-state index in [4.69, 9.17) is 5.21 Å². The summed E-state index contributed by atoms with van der Waals surface area (Å²) in [5, 5.41) is 11.4. The molecule has 3 N–H and O–H groups in total. The molecule has 0 saturated carbocycles. The van der Waals surface area contributed by atoms with Crippen LogP contribution in [0.4, 0.5) is 0 Å². The zero-order valence-corrected chi connectivity index (χ0v) is 9.57. The number of hydrogen-bond acceptors (Lipinski definition) is 2. The quantitative estimate of drug-likeness (QED) is 0.587. The lowest BCUT2D eigenvalue weighted by Crippen LogP contribution is -2.12. The summed E-state index contributed by atoms with van der Waals surface area (Å²) in [5.41, 5.74) is 5.57. The van der Waals surface area contributed by atoms with E-state index in [1.54, 1.807) is 0 Å². The van der Waals surface area contributed by atoms with Crippen molar-refractivity contribution >= 4 is 21.8 Å². The fourth-order valence-corrected chi connectivity index (χ4v) is 2.22. The zero-order chi connectivity index (χ0) is 11.8. The average Bonchev–Trinajstić information content (AvgIpc) is 2.75. The molecular formula is C14H14N2O. The molecule has 2 aromatic carbocycles. The van der Waals surface area contributed by atoms with Gasteiger partial charge in [-0.15, -0.1) is 0 Å². The van der Waals surface area contributed by atoms with Crippen molar-refractivity contribution in [3.63, 3.8) is 0 Å². The normalized spacial score (nSPS) is 13.3. The van der Waals surface area contributed by atoms with E-state index in [2.05, 4.69) is 34.7 Å². The van der Waals surface area contributed by atoms with Gasteiger partial charge >= 0.3 is 0 Å². The summed E-state index contributed by atoms with van der Waals surface area (Å²) in [5.74, 6) is 0. The van der Waals surface area contributed by atoms with Crippen LogP contribution in [-0.2, 0) is 0 Å². The van der Waals surface area contributed by atoms with E-state index in [0.29, 0.717) is 0 Å². The predicted molar refractivity (Wildman–Crippen MR) is 69.1 cm³/mol. The fourth-order valence-electron chi connectivity index (χ4n) is 2.22. The molecule has 0 aliphatic heterocycles. The number of H-pyrrole nitrogens is 1. The molecule has 1 heterocycles. The van der Waals surface area contributed by atoms with Crippen molar-refractivity contribution in [1.82, 2.24) is 10.5 Å². The maximum absolute atomic E-state index is 8.94. The molecule has 17 heavy (non-hydrogen) atoms. The second-order valence-electron chi connectivity index (χ2n) is 4.33. The molecule has 0 amide bonds. The van der Waals surface area contributed by atoms with Crippen molar-refractivity contribution in [1.29, 1.82) is 0 Å². The minimum atomic E-state index is -0.0641. The highest BCUT2D eigenvalue weighted by atomic mass is 16.5. The predicted octanol–water partition coefficient (Wildman–Crippen LogP) is 3.36. The Kier molecular flexibility index (Phi) is 2.35. The number of para-hydroxylation sites is 1. The van der Waals surface area contributed by atoms with Gasteiger partial charge in [0, 0.05) is 21.8 Å². The lowest BCUT2D eigenvalue weighted by Gasteiger charge is -2.08. The molecule has 0 spiro atoms. The molecule has 0 bridgehead atoms. The number of aromatic amines is 1. The molecule has 0 aliphatic carbocycles. The number of nitrogens with one attached hydrogen (secondary N) is 2. The molecule has 1 unspecified atom stereocenters. The monoisotopic (exact) mass is 226 g/mol. The van der Waals surface area contributed by atoms with Gasteiger partial charge in [-0.2, -0.15) is 5.48 Å². The van der Waals surface area contributed by atoms with Crippen LogP contribution in [0.3, 0.4) is 0 Å². The van der Waals surface area contributed by atoms with E-state index >= 15 is 0 Å². The van der Waals surface area contributed by atoms with E-state index < -0.39 is 0 Å². The molecule has 1 aromatic heterocycles. The summed E-state index contributed by atoms with van der Waals surface area (Å²) in [7, 11) is 0. The Balaban J connectivity index is 2.26. The van der Waals surface area contributed by atoms with Crippen molar-refractivity contribution in [2.24, 2.45) is 0 Å². The molecule has 0 fully saturated rings. The van der Waals surface area contributed by atoms with Crippen molar-refractivity contribution < 1.29 is 5.21 Å². The van der Waals surface area contributed by atoms with E-state index in [1.165, 1.54) is 10.8 Å². The first-order chi connectivity index (χ1) is 8.29. The molecule has 3 nitrogen and oxygen atoms in total. The number of benzene rings is 2. The number of hydrogen-bond donors (Lipinski definition) is 3. The maximum Gasteiger partial charge on any atom is 0.0541 e. The highest BCUT2D eigenvalue weighted by Gasteiger charge is 2.07. The van der Waals surface area contributed by atoms with Gasteiger partial charge in [-0.1, -0.05) is 30.3 Å². The Morgan fingerprint density at radius 3 is 2.65 bits per heavy atom. The van der Waals surface area contributed by atoms with Gasteiger partial charge in [0.15, 0.2) is 0 Å². The van der Waals surface area contributed by atoms with Crippen LogP contribution in [-0.4, -0.2) is 10.2 Å². The molecule has 86 valence electrons. The van der Waals surface area contributed by atoms with Crippen LogP contribution in [0.5, 0.6) is 0 Å². The van der Waals surface area contributed by atoms with Crippen LogP contribution in [0.15, 0.2) is 42.5 Å². The van der Waals surface area contributed by atoms with Crippen LogP contribution in [0.1, 0.15) is 18.5 Å². The smallest absolute Gasteiger partial charge is 0.0541 e. The molecule has 3 aromatic rings. The van der Waals surface area contributed by atoms with E-state index in [-0.39, 0.29) is 6.04 Å². The molecule has 0 saturated heterocycles. The van der Waals surface area contributed by atoms with Gasteiger partial charge in [0.25, 0.3) is 0 Å². The first kappa shape index (κ1) is 10.3. The number of aromatic nitrogens is 1. The van der Waals surface area contributed by atoms with E-state index in [1.807, 2.05) is 25.1 Å². The Labute approximate surface area is 99.0 Å².